The molecule has 19 heavy (non-hydrogen) atoms. The molecule has 0 bridgehead atoms. The van der Waals surface area contributed by atoms with Gasteiger partial charge in [0, 0.05) is 40.1 Å². The molecule has 0 aromatic carbocycles. The second-order valence-electron chi connectivity index (χ2n) is 4.47. The number of amides is 1. The first-order valence-electron chi connectivity index (χ1n) is 5.98. The van der Waals surface area contributed by atoms with Crippen molar-refractivity contribution in [3.63, 3.8) is 0 Å². The number of aromatic nitrogens is 1. The molecule has 0 aliphatic heterocycles. The van der Waals surface area contributed by atoms with Gasteiger partial charge < -0.3 is 10.7 Å². The van der Waals surface area contributed by atoms with Crippen LogP contribution in [0.4, 0.5) is 5.82 Å². The number of aryl methyl sites for hydroxylation is 1. The summed E-state index contributed by atoms with van der Waals surface area (Å²) >= 11 is 0. The summed E-state index contributed by atoms with van der Waals surface area (Å²) in [6, 6.07) is 3.26. The number of nitrogens with one attached hydrogen (secondary N) is 2. The molecule has 1 aromatic heterocycles. The second kappa shape index (κ2) is 7.20. The van der Waals surface area contributed by atoms with Gasteiger partial charge in [-0.15, -0.1) is 0 Å². The largest absolute Gasteiger partial charge is 0.350 e. The number of hydrogen-bond donors (Lipinski definition) is 3. The lowest BCUT2D eigenvalue weighted by atomic mass is 10.2. The zero-order valence-corrected chi connectivity index (χ0v) is 12.2. The summed E-state index contributed by atoms with van der Waals surface area (Å²) in [7, 11) is -0.842. The number of hydrogen-bond acceptors (Lipinski definition) is 5. The molecule has 1 heterocycles. The minimum Gasteiger partial charge on any atom is -0.350 e. The Morgan fingerprint density at radius 1 is 1.53 bits per heavy atom. The highest BCUT2D eigenvalue weighted by atomic mass is 32.2. The molecular formula is C12H20N4O2S. The first-order chi connectivity index (χ1) is 8.92. The van der Waals surface area contributed by atoms with Crippen molar-refractivity contribution in [1.29, 1.82) is 0 Å². The molecule has 0 aliphatic rings. The van der Waals surface area contributed by atoms with Gasteiger partial charge in [0.05, 0.1) is 0 Å². The summed E-state index contributed by atoms with van der Waals surface area (Å²) in [6.45, 7) is 3.68. The maximum atomic E-state index is 12.0. The molecule has 0 radical (unpaired) electrons. The van der Waals surface area contributed by atoms with Crippen LogP contribution in [0.5, 0.6) is 0 Å². The highest BCUT2D eigenvalue weighted by Crippen LogP contribution is 2.09. The van der Waals surface area contributed by atoms with E-state index in [0.29, 0.717) is 29.2 Å². The van der Waals surface area contributed by atoms with Crippen molar-refractivity contribution in [2.45, 2.75) is 26.3 Å². The highest BCUT2D eigenvalue weighted by molar-refractivity contribution is 7.84. The Morgan fingerprint density at radius 2 is 2.21 bits per heavy atom. The van der Waals surface area contributed by atoms with E-state index in [9.17, 15) is 9.00 Å². The molecule has 0 aliphatic carbocycles. The van der Waals surface area contributed by atoms with Gasteiger partial charge in [-0.2, -0.15) is 0 Å². The maximum Gasteiger partial charge on any atom is 0.251 e. The third kappa shape index (κ3) is 5.35. The lowest BCUT2D eigenvalue weighted by Gasteiger charge is -2.14. The van der Waals surface area contributed by atoms with Crippen molar-refractivity contribution in [2.75, 3.05) is 17.4 Å². The molecule has 0 saturated carbocycles. The van der Waals surface area contributed by atoms with Gasteiger partial charge in [-0.3, -0.25) is 9.00 Å². The van der Waals surface area contributed by atoms with Crippen molar-refractivity contribution in [1.82, 2.24) is 10.3 Å². The Balaban J connectivity index is 2.67. The van der Waals surface area contributed by atoms with Crippen molar-refractivity contribution >= 4 is 22.5 Å². The fraction of sp³-hybridized carbons (Fsp3) is 0.500. The van der Waals surface area contributed by atoms with Crippen LogP contribution >= 0.6 is 0 Å². The number of carbonyl (C=O) groups is 1. The van der Waals surface area contributed by atoms with Crippen molar-refractivity contribution in [2.24, 2.45) is 5.84 Å². The standard InChI is InChI=1S/C12H20N4O2S/c1-8(4-5-19(3)18)15-12(17)10-6-9(2)14-11(7-10)16-13/h6-8H,4-5,13H2,1-3H3,(H,14,16)(H,15,17). The van der Waals surface area contributed by atoms with E-state index in [-0.39, 0.29) is 11.9 Å². The van der Waals surface area contributed by atoms with Crippen LogP contribution in [-0.2, 0) is 10.8 Å². The first kappa shape index (κ1) is 15.6. The molecule has 2 atom stereocenters. The third-order valence-corrected chi connectivity index (χ3v) is 3.39. The summed E-state index contributed by atoms with van der Waals surface area (Å²) < 4.78 is 11.0. The minimum atomic E-state index is -0.842. The molecule has 2 unspecified atom stereocenters. The fourth-order valence-electron chi connectivity index (χ4n) is 1.60. The smallest absolute Gasteiger partial charge is 0.251 e. The molecular weight excluding hydrogens is 264 g/mol. The molecule has 4 N–H and O–H groups in total. The highest BCUT2D eigenvalue weighted by Gasteiger charge is 2.12. The maximum absolute atomic E-state index is 12.0. The van der Waals surface area contributed by atoms with Gasteiger partial charge in [0.15, 0.2) is 0 Å². The molecule has 0 saturated heterocycles. The lowest BCUT2D eigenvalue weighted by molar-refractivity contribution is 0.0939. The summed E-state index contributed by atoms with van der Waals surface area (Å²) in [5.74, 6) is 6.14. The van der Waals surface area contributed by atoms with Gasteiger partial charge >= 0.3 is 0 Å². The van der Waals surface area contributed by atoms with Gasteiger partial charge in [0.1, 0.15) is 5.82 Å². The predicted molar refractivity (Wildman–Crippen MR) is 77.3 cm³/mol. The molecule has 106 valence electrons. The minimum absolute atomic E-state index is 0.0286. The van der Waals surface area contributed by atoms with Gasteiger partial charge in [0.2, 0.25) is 0 Å². The normalized spacial score (nSPS) is 13.7. The summed E-state index contributed by atoms with van der Waals surface area (Å²) in [4.78, 5) is 16.2. The SMILES string of the molecule is Cc1cc(C(=O)NC(C)CCS(C)=O)cc(NN)n1. The van der Waals surface area contributed by atoms with Gasteiger partial charge in [-0.25, -0.2) is 10.8 Å². The van der Waals surface area contributed by atoms with E-state index in [1.54, 1.807) is 25.3 Å². The first-order valence-corrected chi connectivity index (χ1v) is 7.71. The zero-order chi connectivity index (χ0) is 14.4. The Kier molecular flexibility index (Phi) is 5.91. The number of pyridine rings is 1. The van der Waals surface area contributed by atoms with Gasteiger partial charge in [-0.1, -0.05) is 0 Å². The van der Waals surface area contributed by atoms with Crippen LogP contribution in [0, 0.1) is 6.92 Å². The van der Waals surface area contributed by atoms with Crippen LogP contribution in [0.3, 0.4) is 0 Å². The molecule has 0 spiro atoms. The monoisotopic (exact) mass is 284 g/mol. The van der Waals surface area contributed by atoms with Crippen molar-refractivity contribution < 1.29 is 9.00 Å². The topological polar surface area (TPSA) is 97.1 Å². The number of rotatable bonds is 6. The van der Waals surface area contributed by atoms with E-state index >= 15 is 0 Å². The summed E-state index contributed by atoms with van der Waals surface area (Å²) in [5, 5.41) is 2.86. The molecule has 1 amide bonds. The Labute approximate surface area is 115 Å². The van der Waals surface area contributed by atoms with Crippen LogP contribution in [0.25, 0.3) is 0 Å². The number of hydrazine groups is 1. The van der Waals surface area contributed by atoms with Crippen LogP contribution in [-0.4, -0.2) is 33.2 Å². The van der Waals surface area contributed by atoms with E-state index in [0.717, 1.165) is 0 Å². The van der Waals surface area contributed by atoms with Gasteiger partial charge in [0.25, 0.3) is 5.91 Å². The zero-order valence-electron chi connectivity index (χ0n) is 11.4. The van der Waals surface area contributed by atoms with E-state index in [2.05, 4.69) is 15.7 Å². The van der Waals surface area contributed by atoms with Crippen LogP contribution in [0.2, 0.25) is 0 Å². The summed E-state index contributed by atoms with van der Waals surface area (Å²) in [5.41, 5.74) is 3.64. The lowest BCUT2D eigenvalue weighted by Crippen LogP contribution is -2.33. The van der Waals surface area contributed by atoms with Crippen LogP contribution in [0.1, 0.15) is 29.4 Å². The number of anilines is 1. The van der Waals surface area contributed by atoms with Crippen molar-refractivity contribution in [3.8, 4) is 0 Å². The second-order valence-corrected chi connectivity index (χ2v) is 6.02. The quantitative estimate of drug-likeness (QED) is 0.524. The van der Waals surface area contributed by atoms with E-state index in [4.69, 9.17) is 5.84 Å². The summed E-state index contributed by atoms with van der Waals surface area (Å²) in [6.07, 6.45) is 2.33. The molecule has 1 rings (SSSR count). The average molecular weight is 284 g/mol. The molecule has 7 heteroatoms. The molecule has 0 fully saturated rings. The predicted octanol–water partition coefficient (Wildman–Crippen LogP) is 0.563. The Hall–Kier alpha value is -1.47. The third-order valence-electron chi connectivity index (χ3n) is 2.58. The van der Waals surface area contributed by atoms with E-state index in [1.165, 1.54) is 0 Å². The van der Waals surface area contributed by atoms with Crippen LogP contribution < -0.4 is 16.6 Å². The molecule has 1 aromatic rings. The van der Waals surface area contributed by atoms with Crippen molar-refractivity contribution in [3.05, 3.63) is 23.4 Å². The number of carbonyl (C=O) groups excluding carboxylic acids is 1. The van der Waals surface area contributed by atoms with Gasteiger partial charge in [-0.05, 0) is 32.4 Å². The average Bonchev–Trinajstić information content (AvgIpc) is 2.35. The Morgan fingerprint density at radius 3 is 2.79 bits per heavy atom. The molecule has 6 nitrogen and oxygen atoms in total. The van der Waals surface area contributed by atoms with Crippen LogP contribution in [0.15, 0.2) is 12.1 Å². The fourth-order valence-corrected chi connectivity index (χ4v) is 2.28. The van der Waals surface area contributed by atoms with E-state index in [1.807, 2.05) is 6.92 Å². The Bertz CT molecular complexity index is 479. The number of nitrogen functional groups attached to an aromatic ring is 1. The van der Waals surface area contributed by atoms with E-state index < -0.39 is 10.8 Å². The number of nitrogens with two attached hydrogens (primary N) is 1. The number of nitrogens with zero attached hydrogens (tertiary/aromatic N) is 1.